The van der Waals surface area contributed by atoms with Crippen LogP contribution >= 0.6 is 11.3 Å². The summed E-state index contributed by atoms with van der Waals surface area (Å²) < 4.78 is 0. The lowest BCUT2D eigenvalue weighted by atomic mass is 10.2. The summed E-state index contributed by atoms with van der Waals surface area (Å²) >= 11 is 1.70. The summed E-state index contributed by atoms with van der Waals surface area (Å²) in [6, 6.07) is 0. The fourth-order valence-electron chi connectivity index (χ4n) is 0.942. The normalized spacial score (nSPS) is 11.5. The van der Waals surface area contributed by atoms with Crippen LogP contribution in [0.3, 0.4) is 0 Å². The van der Waals surface area contributed by atoms with Crippen molar-refractivity contribution >= 4 is 17.3 Å². The first kappa shape index (κ1) is 10.0. The Morgan fingerprint density at radius 1 is 1.62 bits per heavy atom. The summed E-state index contributed by atoms with van der Waals surface area (Å²) in [5, 5.41) is 7.32. The van der Waals surface area contributed by atoms with Crippen LogP contribution in [0.1, 0.15) is 11.1 Å². The van der Waals surface area contributed by atoms with Crippen LogP contribution in [0.25, 0.3) is 0 Å². The Labute approximate surface area is 81.8 Å². The molecule has 0 atom stereocenters. The molecule has 0 aliphatic carbocycles. The number of hydrazine groups is 1. The first-order valence-electron chi connectivity index (χ1n) is 3.97. The molecule has 0 bridgehead atoms. The number of aryl methyl sites for hydroxylation is 1. The molecule has 5 heteroatoms. The van der Waals surface area contributed by atoms with Crippen LogP contribution in [0.15, 0.2) is 15.8 Å². The Hall–Kier alpha value is -1.07. The average Bonchev–Trinajstić information content (AvgIpc) is 2.54. The Bertz CT molecular complexity index is 292. The van der Waals surface area contributed by atoms with Gasteiger partial charge in [0.2, 0.25) is 5.96 Å². The van der Waals surface area contributed by atoms with Crippen molar-refractivity contribution in [2.75, 3.05) is 7.05 Å². The number of thiophene rings is 1. The molecule has 1 rings (SSSR count). The highest BCUT2D eigenvalue weighted by Gasteiger charge is 1.99. The predicted octanol–water partition coefficient (Wildman–Crippen LogP) is 0.595. The molecule has 1 aromatic heterocycles. The van der Waals surface area contributed by atoms with Crippen molar-refractivity contribution in [2.24, 2.45) is 10.8 Å². The standard InChI is InChI=1S/C8H14N4S/c1-6-4-13-5-7(6)3-11-8(10-2)12-9/h4-5H,3,9H2,1-2H3,(H2,10,11,12). The molecule has 4 N–H and O–H groups in total. The van der Waals surface area contributed by atoms with Crippen LogP contribution in [-0.2, 0) is 6.54 Å². The summed E-state index contributed by atoms with van der Waals surface area (Å²) in [6.07, 6.45) is 0. The number of guanidine groups is 1. The maximum atomic E-state index is 5.22. The van der Waals surface area contributed by atoms with Gasteiger partial charge in [0.05, 0.1) is 0 Å². The molecule has 0 spiro atoms. The molecule has 0 aliphatic heterocycles. The van der Waals surface area contributed by atoms with Crippen molar-refractivity contribution in [1.82, 2.24) is 10.7 Å². The minimum Gasteiger partial charge on any atom is -0.351 e. The highest BCUT2D eigenvalue weighted by Crippen LogP contribution is 2.12. The van der Waals surface area contributed by atoms with Crippen LogP contribution in [0.5, 0.6) is 0 Å². The van der Waals surface area contributed by atoms with Crippen LogP contribution in [0, 0.1) is 6.92 Å². The van der Waals surface area contributed by atoms with Crippen molar-refractivity contribution < 1.29 is 0 Å². The third-order valence-corrected chi connectivity index (χ3v) is 2.68. The Balaban J connectivity index is 2.48. The second-order valence-electron chi connectivity index (χ2n) is 2.65. The summed E-state index contributed by atoms with van der Waals surface area (Å²) in [6.45, 7) is 2.85. The van der Waals surface area contributed by atoms with Gasteiger partial charge in [-0.2, -0.15) is 11.3 Å². The molecule has 0 amide bonds. The van der Waals surface area contributed by atoms with Gasteiger partial charge in [0.15, 0.2) is 0 Å². The highest BCUT2D eigenvalue weighted by molar-refractivity contribution is 7.08. The lowest BCUT2D eigenvalue weighted by Crippen LogP contribution is -2.41. The van der Waals surface area contributed by atoms with E-state index in [9.17, 15) is 0 Å². The molecule has 1 heterocycles. The van der Waals surface area contributed by atoms with Gasteiger partial charge in [0, 0.05) is 13.6 Å². The Kier molecular flexibility index (Phi) is 3.72. The topological polar surface area (TPSA) is 62.4 Å². The maximum Gasteiger partial charge on any atom is 0.205 e. The molecule has 0 saturated heterocycles. The number of aliphatic imine (C=N–C) groups is 1. The fraction of sp³-hybridized carbons (Fsp3) is 0.375. The van der Waals surface area contributed by atoms with E-state index in [-0.39, 0.29) is 0 Å². The second kappa shape index (κ2) is 4.84. The zero-order valence-electron chi connectivity index (χ0n) is 7.79. The van der Waals surface area contributed by atoms with Crippen molar-refractivity contribution in [3.8, 4) is 0 Å². The molecule has 0 aliphatic rings. The minimum atomic E-state index is 0.602. The van der Waals surface area contributed by atoms with Gasteiger partial charge < -0.3 is 5.32 Å². The number of hydrogen-bond donors (Lipinski definition) is 3. The molecule has 13 heavy (non-hydrogen) atoms. The molecular formula is C8H14N4S. The molecule has 1 aromatic rings. The van der Waals surface area contributed by atoms with E-state index in [0.717, 1.165) is 6.54 Å². The van der Waals surface area contributed by atoms with Gasteiger partial charge in [-0.3, -0.25) is 10.4 Å². The van der Waals surface area contributed by atoms with Gasteiger partial charge in [-0.05, 0) is 28.8 Å². The zero-order valence-corrected chi connectivity index (χ0v) is 8.61. The van der Waals surface area contributed by atoms with E-state index < -0.39 is 0 Å². The van der Waals surface area contributed by atoms with Gasteiger partial charge in [0.25, 0.3) is 0 Å². The van der Waals surface area contributed by atoms with Gasteiger partial charge in [-0.15, -0.1) is 0 Å². The van der Waals surface area contributed by atoms with Crippen molar-refractivity contribution in [1.29, 1.82) is 0 Å². The second-order valence-corrected chi connectivity index (χ2v) is 3.39. The van der Waals surface area contributed by atoms with Gasteiger partial charge >= 0.3 is 0 Å². The van der Waals surface area contributed by atoms with Gasteiger partial charge in [0.1, 0.15) is 0 Å². The quantitative estimate of drug-likeness (QED) is 0.282. The smallest absolute Gasteiger partial charge is 0.205 e. The minimum absolute atomic E-state index is 0.602. The molecule has 0 aromatic carbocycles. The molecule has 0 unspecified atom stereocenters. The van der Waals surface area contributed by atoms with Gasteiger partial charge in [-0.25, -0.2) is 5.84 Å². The van der Waals surface area contributed by atoms with Gasteiger partial charge in [-0.1, -0.05) is 0 Å². The highest BCUT2D eigenvalue weighted by atomic mass is 32.1. The van der Waals surface area contributed by atoms with E-state index in [0.29, 0.717) is 5.96 Å². The van der Waals surface area contributed by atoms with E-state index in [1.165, 1.54) is 11.1 Å². The lowest BCUT2D eigenvalue weighted by molar-refractivity contribution is 0.839. The van der Waals surface area contributed by atoms with Crippen molar-refractivity contribution in [3.05, 3.63) is 21.9 Å². The molecule has 0 saturated carbocycles. The maximum absolute atomic E-state index is 5.22. The van der Waals surface area contributed by atoms with E-state index >= 15 is 0 Å². The molecule has 0 radical (unpaired) electrons. The third kappa shape index (κ3) is 2.71. The molecule has 4 nitrogen and oxygen atoms in total. The Morgan fingerprint density at radius 2 is 2.38 bits per heavy atom. The SMILES string of the molecule is CN=C(NN)NCc1cscc1C. The predicted molar refractivity (Wildman–Crippen MR) is 56.6 cm³/mol. The number of rotatable bonds is 2. The fourth-order valence-corrected chi connectivity index (χ4v) is 1.80. The average molecular weight is 198 g/mol. The first-order chi connectivity index (χ1) is 6.27. The third-order valence-electron chi connectivity index (χ3n) is 1.77. The molecular weight excluding hydrogens is 184 g/mol. The van der Waals surface area contributed by atoms with Crippen LogP contribution < -0.4 is 16.6 Å². The van der Waals surface area contributed by atoms with E-state index in [1.807, 2.05) is 0 Å². The zero-order chi connectivity index (χ0) is 9.68. The van der Waals surface area contributed by atoms with E-state index in [2.05, 4.69) is 33.4 Å². The molecule has 0 fully saturated rings. The summed E-state index contributed by atoms with van der Waals surface area (Å²) in [5.74, 6) is 5.82. The summed E-state index contributed by atoms with van der Waals surface area (Å²) in [4.78, 5) is 3.91. The largest absolute Gasteiger partial charge is 0.351 e. The monoisotopic (exact) mass is 198 g/mol. The van der Waals surface area contributed by atoms with Crippen LogP contribution in [0.4, 0.5) is 0 Å². The lowest BCUT2D eigenvalue weighted by Gasteiger charge is -2.07. The number of nitrogens with two attached hydrogens (primary N) is 1. The summed E-state index contributed by atoms with van der Waals surface area (Å²) in [7, 11) is 1.68. The van der Waals surface area contributed by atoms with E-state index in [1.54, 1.807) is 18.4 Å². The van der Waals surface area contributed by atoms with E-state index in [4.69, 9.17) is 5.84 Å². The van der Waals surface area contributed by atoms with Crippen molar-refractivity contribution in [3.63, 3.8) is 0 Å². The summed E-state index contributed by atoms with van der Waals surface area (Å²) in [5.41, 5.74) is 5.05. The Morgan fingerprint density at radius 3 is 2.85 bits per heavy atom. The van der Waals surface area contributed by atoms with Crippen molar-refractivity contribution in [2.45, 2.75) is 13.5 Å². The molecule has 72 valence electrons. The number of nitrogens with zero attached hydrogens (tertiary/aromatic N) is 1. The number of hydrogen-bond acceptors (Lipinski definition) is 3. The van der Waals surface area contributed by atoms with Crippen LogP contribution in [0.2, 0.25) is 0 Å². The van der Waals surface area contributed by atoms with Crippen LogP contribution in [-0.4, -0.2) is 13.0 Å². The number of nitrogens with one attached hydrogen (secondary N) is 2. The first-order valence-corrected chi connectivity index (χ1v) is 4.91.